The van der Waals surface area contributed by atoms with Gasteiger partial charge in [0, 0.05) is 5.54 Å². The number of methoxy groups -OCH3 is 2. The molecule has 1 aliphatic carbocycles. The molecule has 1 saturated carbocycles. The van der Waals surface area contributed by atoms with E-state index >= 15 is 0 Å². The lowest BCUT2D eigenvalue weighted by Gasteiger charge is -2.39. The van der Waals surface area contributed by atoms with Crippen LogP contribution in [0.1, 0.15) is 38.7 Å². The molecule has 0 saturated heterocycles. The van der Waals surface area contributed by atoms with Crippen molar-refractivity contribution in [2.45, 2.75) is 38.6 Å². The SMILES string of the molecule is COc1ccc(C2(N)CCCC2(C)C)cc1OC. The molecule has 0 aromatic heterocycles. The highest BCUT2D eigenvalue weighted by Crippen LogP contribution is 2.51. The quantitative estimate of drug-likeness (QED) is 0.895. The van der Waals surface area contributed by atoms with E-state index in [0.717, 1.165) is 29.9 Å². The van der Waals surface area contributed by atoms with E-state index in [4.69, 9.17) is 15.2 Å². The Morgan fingerprint density at radius 1 is 1.06 bits per heavy atom. The molecule has 1 aromatic carbocycles. The monoisotopic (exact) mass is 249 g/mol. The van der Waals surface area contributed by atoms with Crippen LogP contribution in [0.25, 0.3) is 0 Å². The fourth-order valence-corrected chi connectivity index (χ4v) is 3.02. The van der Waals surface area contributed by atoms with Crippen molar-refractivity contribution in [3.63, 3.8) is 0 Å². The molecular formula is C15H23NO2. The van der Waals surface area contributed by atoms with Crippen LogP contribution in [0.5, 0.6) is 11.5 Å². The predicted molar refractivity (Wildman–Crippen MR) is 73.0 cm³/mol. The van der Waals surface area contributed by atoms with Crippen LogP contribution in [-0.4, -0.2) is 14.2 Å². The average molecular weight is 249 g/mol. The third-order valence-electron chi connectivity index (χ3n) is 4.48. The zero-order valence-electron chi connectivity index (χ0n) is 11.7. The second-order valence-corrected chi connectivity index (χ2v) is 5.78. The first-order chi connectivity index (χ1) is 8.44. The van der Waals surface area contributed by atoms with Crippen LogP contribution < -0.4 is 15.2 Å². The van der Waals surface area contributed by atoms with E-state index in [1.54, 1.807) is 14.2 Å². The van der Waals surface area contributed by atoms with Crippen LogP contribution in [0.15, 0.2) is 18.2 Å². The molecule has 1 atom stereocenters. The second-order valence-electron chi connectivity index (χ2n) is 5.78. The van der Waals surface area contributed by atoms with Crippen LogP contribution >= 0.6 is 0 Å². The minimum absolute atomic E-state index is 0.118. The summed E-state index contributed by atoms with van der Waals surface area (Å²) >= 11 is 0. The van der Waals surface area contributed by atoms with Gasteiger partial charge in [-0.15, -0.1) is 0 Å². The molecule has 100 valence electrons. The molecule has 0 aliphatic heterocycles. The average Bonchev–Trinajstić information content (AvgIpc) is 2.64. The standard InChI is InChI=1S/C15H23NO2/c1-14(2)8-5-9-15(14,16)11-6-7-12(17-3)13(10-11)18-4/h6-7,10H,5,8-9,16H2,1-4H3. The van der Waals surface area contributed by atoms with E-state index in [0.29, 0.717) is 0 Å². The third-order valence-corrected chi connectivity index (χ3v) is 4.48. The van der Waals surface area contributed by atoms with Crippen molar-refractivity contribution in [2.75, 3.05) is 14.2 Å². The van der Waals surface area contributed by atoms with Crippen LogP contribution in [0.2, 0.25) is 0 Å². The minimum atomic E-state index is -0.271. The summed E-state index contributed by atoms with van der Waals surface area (Å²) in [5, 5.41) is 0. The van der Waals surface area contributed by atoms with Gasteiger partial charge in [-0.25, -0.2) is 0 Å². The maximum Gasteiger partial charge on any atom is 0.161 e. The Hall–Kier alpha value is -1.22. The van der Waals surface area contributed by atoms with Gasteiger partial charge in [0.15, 0.2) is 11.5 Å². The van der Waals surface area contributed by atoms with Gasteiger partial charge in [-0.2, -0.15) is 0 Å². The van der Waals surface area contributed by atoms with Crippen molar-refractivity contribution in [2.24, 2.45) is 11.1 Å². The number of hydrogen-bond donors (Lipinski definition) is 1. The van der Waals surface area contributed by atoms with Gasteiger partial charge in [0.1, 0.15) is 0 Å². The van der Waals surface area contributed by atoms with E-state index < -0.39 is 0 Å². The first-order valence-electron chi connectivity index (χ1n) is 6.46. The molecule has 0 heterocycles. The fraction of sp³-hybridized carbons (Fsp3) is 0.600. The van der Waals surface area contributed by atoms with Crippen molar-refractivity contribution in [3.8, 4) is 11.5 Å². The normalized spacial score (nSPS) is 26.1. The summed E-state index contributed by atoms with van der Waals surface area (Å²) in [4.78, 5) is 0. The fourth-order valence-electron chi connectivity index (χ4n) is 3.02. The van der Waals surface area contributed by atoms with Crippen molar-refractivity contribution in [3.05, 3.63) is 23.8 Å². The Morgan fingerprint density at radius 2 is 1.72 bits per heavy atom. The second kappa shape index (κ2) is 4.47. The summed E-state index contributed by atoms with van der Waals surface area (Å²) in [6.45, 7) is 4.49. The van der Waals surface area contributed by atoms with E-state index in [2.05, 4.69) is 19.9 Å². The number of rotatable bonds is 3. The lowest BCUT2D eigenvalue weighted by Crippen LogP contribution is -2.45. The highest BCUT2D eigenvalue weighted by molar-refractivity contribution is 5.45. The molecule has 1 aliphatic rings. The van der Waals surface area contributed by atoms with Crippen molar-refractivity contribution in [1.82, 2.24) is 0 Å². The zero-order valence-corrected chi connectivity index (χ0v) is 11.7. The summed E-state index contributed by atoms with van der Waals surface area (Å²) in [6, 6.07) is 6.03. The van der Waals surface area contributed by atoms with Crippen molar-refractivity contribution in [1.29, 1.82) is 0 Å². The maximum absolute atomic E-state index is 6.68. The molecule has 18 heavy (non-hydrogen) atoms. The summed E-state index contributed by atoms with van der Waals surface area (Å²) in [5.41, 5.74) is 7.66. The van der Waals surface area contributed by atoms with Crippen LogP contribution in [0, 0.1) is 5.41 Å². The molecule has 1 fully saturated rings. The number of nitrogens with two attached hydrogens (primary N) is 1. The predicted octanol–water partition coefficient (Wildman–Crippen LogP) is 3.07. The van der Waals surface area contributed by atoms with E-state index in [9.17, 15) is 0 Å². The molecule has 2 rings (SSSR count). The molecule has 1 aromatic rings. The Morgan fingerprint density at radius 3 is 2.22 bits per heavy atom. The van der Waals surface area contributed by atoms with Gasteiger partial charge < -0.3 is 15.2 Å². The molecule has 1 unspecified atom stereocenters. The van der Waals surface area contributed by atoms with Gasteiger partial charge >= 0.3 is 0 Å². The number of ether oxygens (including phenoxy) is 2. The van der Waals surface area contributed by atoms with Crippen LogP contribution in [0.4, 0.5) is 0 Å². The lowest BCUT2D eigenvalue weighted by atomic mass is 9.71. The molecular weight excluding hydrogens is 226 g/mol. The summed E-state index contributed by atoms with van der Waals surface area (Å²) in [5.74, 6) is 1.50. The number of hydrogen-bond acceptors (Lipinski definition) is 3. The molecule has 2 N–H and O–H groups in total. The molecule has 0 radical (unpaired) electrons. The van der Waals surface area contributed by atoms with Gasteiger partial charge in [0.05, 0.1) is 14.2 Å². The maximum atomic E-state index is 6.68. The van der Waals surface area contributed by atoms with Crippen LogP contribution in [0.3, 0.4) is 0 Å². The third kappa shape index (κ3) is 1.87. The van der Waals surface area contributed by atoms with Crippen molar-refractivity contribution >= 4 is 0 Å². The molecule has 3 nitrogen and oxygen atoms in total. The summed E-state index contributed by atoms with van der Waals surface area (Å²) in [6.07, 6.45) is 3.37. The highest BCUT2D eigenvalue weighted by atomic mass is 16.5. The van der Waals surface area contributed by atoms with Gasteiger partial charge in [-0.1, -0.05) is 26.3 Å². The van der Waals surface area contributed by atoms with E-state index in [-0.39, 0.29) is 11.0 Å². The first kappa shape index (κ1) is 13.2. The lowest BCUT2D eigenvalue weighted by molar-refractivity contribution is 0.209. The Kier molecular flexibility index (Phi) is 3.28. The molecule has 3 heteroatoms. The van der Waals surface area contributed by atoms with Gasteiger partial charge in [0.2, 0.25) is 0 Å². The summed E-state index contributed by atoms with van der Waals surface area (Å²) in [7, 11) is 3.31. The Bertz CT molecular complexity index is 442. The number of benzene rings is 1. The topological polar surface area (TPSA) is 44.5 Å². The zero-order chi connectivity index (χ0) is 13.4. The minimum Gasteiger partial charge on any atom is -0.493 e. The Labute approximate surface area is 109 Å². The first-order valence-corrected chi connectivity index (χ1v) is 6.46. The largest absolute Gasteiger partial charge is 0.493 e. The Balaban J connectivity index is 2.45. The molecule has 0 spiro atoms. The van der Waals surface area contributed by atoms with E-state index in [1.807, 2.05) is 12.1 Å². The van der Waals surface area contributed by atoms with Gasteiger partial charge in [0.25, 0.3) is 0 Å². The van der Waals surface area contributed by atoms with Gasteiger partial charge in [-0.05, 0) is 36.0 Å². The van der Waals surface area contributed by atoms with Crippen molar-refractivity contribution < 1.29 is 9.47 Å². The van der Waals surface area contributed by atoms with E-state index in [1.165, 1.54) is 6.42 Å². The smallest absolute Gasteiger partial charge is 0.161 e. The van der Waals surface area contributed by atoms with Crippen LogP contribution in [-0.2, 0) is 5.54 Å². The highest BCUT2D eigenvalue weighted by Gasteiger charge is 2.47. The molecule has 0 amide bonds. The van der Waals surface area contributed by atoms with Gasteiger partial charge in [-0.3, -0.25) is 0 Å². The summed E-state index contributed by atoms with van der Waals surface area (Å²) < 4.78 is 10.6. The molecule has 0 bridgehead atoms.